The van der Waals surface area contributed by atoms with Gasteiger partial charge in [0.05, 0.1) is 6.54 Å². The third kappa shape index (κ3) is 6.64. The van der Waals surface area contributed by atoms with E-state index >= 15 is 0 Å². The average Bonchev–Trinajstić information content (AvgIpc) is 2.99. The van der Waals surface area contributed by atoms with Crippen LogP contribution in [0, 0.1) is 11.8 Å². The first-order valence-electron chi connectivity index (χ1n) is 6.64. The van der Waals surface area contributed by atoms with Crippen LogP contribution in [0.5, 0.6) is 0 Å². The summed E-state index contributed by atoms with van der Waals surface area (Å²) in [5, 5.41) is 6.32. The molecule has 1 saturated carbocycles. The zero-order valence-electron chi connectivity index (χ0n) is 11.6. The first-order chi connectivity index (χ1) is 7.99. The number of nitrogens with one attached hydrogen (secondary N) is 2. The molecule has 1 fully saturated rings. The maximum atomic E-state index is 11.7. The second-order valence-electron chi connectivity index (χ2n) is 5.75. The second-order valence-corrected chi connectivity index (χ2v) is 5.75. The molecule has 0 bridgehead atoms. The molecule has 0 spiro atoms. The van der Waals surface area contributed by atoms with Gasteiger partial charge in [0.2, 0.25) is 5.91 Å². The van der Waals surface area contributed by atoms with Crippen LogP contribution in [0.15, 0.2) is 0 Å². The van der Waals surface area contributed by atoms with Gasteiger partial charge in [-0.05, 0) is 45.3 Å². The van der Waals surface area contributed by atoms with Crippen molar-refractivity contribution in [1.29, 1.82) is 0 Å². The zero-order valence-corrected chi connectivity index (χ0v) is 11.6. The van der Waals surface area contributed by atoms with E-state index in [-0.39, 0.29) is 11.9 Å². The Labute approximate surface area is 105 Å². The quantitative estimate of drug-likeness (QED) is 0.657. The Balaban J connectivity index is 2.19. The molecule has 0 aromatic heterocycles. The van der Waals surface area contributed by atoms with Crippen LogP contribution in [0.4, 0.5) is 0 Å². The lowest BCUT2D eigenvalue weighted by atomic mass is 10.0. The van der Waals surface area contributed by atoms with Crippen LogP contribution in [0.1, 0.15) is 26.7 Å². The molecule has 4 nitrogen and oxygen atoms in total. The Morgan fingerprint density at radius 3 is 2.47 bits per heavy atom. The van der Waals surface area contributed by atoms with Crippen LogP contribution in [-0.2, 0) is 4.79 Å². The highest BCUT2D eigenvalue weighted by molar-refractivity contribution is 5.78. The zero-order chi connectivity index (χ0) is 12.8. The Hall–Kier alpha value is -0.610. The minimum Gasteiger partial charge on any atom is -0.351 e. The van der Waals surface area contributed by atoms with Gasteiger partial charge in [0.15, 0.2) is 0 Å². The van der Waals surface area contributed by atoms with Crippen molar-refractivity contribution in [3.8, 4) is 0 Å². The lowest BCUT2D eigenvalue weighted by Crippen LogP contribution is -2.47. The first kappa shape index (κ1) is 14.5. The van der Waals surface area contributed by atoms with Gasteiger partial charge in [-0.2, -0.15) is 0 Å². The van der Waals surface area contributed by atoms with Crippen LogP contribution in [0.3, 0.4) is 0 Å². The topological polar surface area (TPSA) is 44.4 Å². The molecule has 1 unspecified atom stereocenters. The number of nitrogens with zero attached hydrogens (tertiary/aromatic N) is 1. The van der Waals surface area contributed by atoms with Crippen molar-refractivity contribution < 1.29 is 4.79 Å². The monoisotopic (exact) mass is 241 g/mol. The van der Waals surface area contributed by atoms with Gasteiger partial charge in [0.25, 0.3) is 0 Å². The third-order valence-electron chi connectivity index (χ3n) is 3.13. The molecule has 0 aromatic rings. The maximum absolute atomic E-state index is 11.7. The largest absolute Gasteiger partial charge is 0.351 e. The number of hydrogen-bond donors (Lipinski definition) is 2. The highest BCUT2D eigenvalue weighted by Crippen LogP contribution is 2.27. The summed E-state index contributed by atoms with van der Waals surface area (Å²) < 4.78 is 0. The van der Waals surface area contributed by atoms with Crippen LogP contribution in [0.25, 0.3) is 0 Å². The van der Waals surface area contributed by atoms with Gasteiger partial charge in [0, 0.05) is 12.6 Å². The molecule has 17 heavy (non-hydrogen) atoms. The molecular formula is C13H27N3O. The van der Waals surface area contributed by atoms with Gasteiger partial charge < -0.3 is 15.5 Å². The lowest BCUT2D eigenvalue weighted by Gasteiger charge is -2.25. The van der Waals surface area contributed by atoms with E-state index in [1.54, 1.807) is 0 Å². The highest BCUT2D eigenvalue weighted by atomic mass is 16.2. The summed E-state index contributed by atoms with van der Waals surface area (Å²) in [5.74, 6) is 1.40. The normalized spacial score (nSPS) is 17.5. The van der Waals surface area contributed by atoms with Crippen molar-refractivity contribution >= 4 is 5.91 Å². The fourth-order valence-corrected chi connectivity index (χ4v) is 1.79. The summed E-state index contributed by atoms with van der Waals surface area (Å²) >= 11 is 0. The third-order valence-corrected chi connectivity index (χ3v) is 3.13. The van der Waals surface area contributed by atoms with Gasteiger partial charge >= 0.3 is 0 Å². The van der Waals surface area contributed by atoms with Crippen LogP contribution in [-0.4, -0.2) is 50.6 Å². The first-order valence-corrected chi connectivity index (χ1v) is 6.64. The SMILES string of the molecule is CC(C)C(CN(C)C)NC(=O)CNCC1CC1. The van der Waals surface area contributed by atoms with Crippen molar-refractivity contribution in [2.24, 2.45) is 11.8 Å². The van der Waals surface area contributed by atoms with Crippen molar-refractivity contribution in [3.63, 3.8) is 0 Å². The van der Waals surface area contributed by atoms with E-state index < -0.39 is 0 Å². The summed E-state index contributed by atoms with van der Waals surface area (Å²) in [5.41, 5.74) is 0. The minimum absolute atomic E-state index is 0.117. The molecule has 1 aliphatic rings. The summed E-state index contributed by atoms with van der Waals surface area (Å²) in [7, 11) is 4.07. The van der Waals surface area contributed by atoms with E-state index in [1.165, 1.54) is 12.8 Å². The molecule has 0 saturated heterocycles. The number of carbonyl (C=O) groups is 1. The van der Waals surface area contributed by atoms with Crippen LogP contribution < -0.4 is 10.6 Å². The van der Waals surface area contributed by atoms with Gasteiger partial charge in [-0.3, -0.25) is 4.79 Å². The molecule has 0 aliphatic heterocycles. The van der Waals surface area contributed by atoms with Gasteiger partial charge in [0.1, 0.15) is 0 Å². The molecule has 1 rings (SSSR count). The van der Waals surface area contributed by atoms with Crippen LogP contribution in [0.2, 0.25) is 0 Å². The predicted octanol–water partition coefficient (Wildman–Crippen LogP) is 0.688. The minimum atomic E-state index is 0.117. The summed E-state index contributed by atoms with van der Waals surface area (Å²) in [6, 6.07) is 0.236. The standard InChI is InChI=1S/C13H27N3O/c1-10(2)12(9-16(3)4)15-13(17)8-14-7-11-5-6-11/h10-12,14H,5-9H2,1-4H3,(H,15,17). The van der Waals surface area contributed by atoms with E-state index in [0.29, 0.717) is 12.5 Å². The van der Waals surface area contributed by atoms with Crippen molar-refractivity contribution in [1.82, 2.24) is 15.5 Å². The molecule has 0 radical (unpaired) electrons. The van der Waals surface area contributed by atoms with Gasteiger partial charge in [-0.1, -0.05) is 13.8 Å². The van der Waals surface area contributed by atoms with E-state index in [4.69, 9.17) is 0 Å². The van der Waals surface area contributed by atoms with E-state index in [9.17, 15) is 4.79 Å². The van der Waals surface area contributed by atoms with Crippen LogP contribution >= 0.6 is 0 Å². The maximum Gasteiger partial charge on any atom is 0.234 e. The smallest absolute Gasteiger partial charge is 0.234 e. The Morgan fingerprint density at radius 1 is 1.35 bits per heavy atom. The molecule has 1 amide bonds. The highest BCUT2D eigenvalue weighted by Gasteiger charge is 2.21. The fraction of sp³-hybridized carbons (Fsp3) is 0.923. The summed E-state index contributed by atoms with van der Waals surface area (Å²) in [4.78, 5) is 13.9. The van der Waals surface area contributed by atoms with Crippen molar-refractivity contribution in [2.45, 2.75) is 32.7 Å². The molecule has 100 valence electrons. The van der Waals surface area contributed by atoms with Crippen molar-refractivity contribution in [3.05, 3.63) is 0 Å². The van der Waals surface area contributed by atoms with E-state index in [0.717, 1.165) is 19.0 Å². The lowest BCUT2D eigenvalue weighted by molar-refractivity contribution is -0.121. The van der Waals surface area contributed by atoms with E-state index in [1.807, 2.05) is 14.1 Å². The fourth-order valence-electron chi connectivity index (χ4n) is 1.79. The number of amides is 1. The molecule has 2 N–H and O–H groups in total. The average molecular weight is 241 g/mol. The Kier molecular flexibility index (Phi) is 5.92. The molecule has 0 heterocycles. The molecular weight excluding hydrogens is 214 g/mol. The Morgan fingerprint density at radius 2 is 2.00 bits per heavy atom. The molecule has 4 heteroatoms. The number of hydrogen-bond acceptors (Lipinski definition) is 3. The molecule has 0 aromatic carbocycles. The second kappa shape index (κ2) is 6.97. The summed E-state index contributed by atoms with van der Waals surface area (Å²) in [6.45, 7) is 6.63. The Bertz CT molecular complexity index is 237. The number of rotatable bonds is 8. The summed E-state index contributed by atoms with van der Waals surface area (Å²) in [6.07, 6.45) is 2.65. The molecule has 1 atom stereocenters. The van der Waals surface area contributed by atoms with Gasteiger partial charge in [-0.25, -0.2) is 0 Å². The van der Waals surface area contributed by atoms with Crippen molar-refractivity contribution in [2.75, 3.05) is 33.7 Å². The predicted molar refractivity (Wildman–Crippen MR) is 70.9 cm³/mol. The molecule has 1 aliphatic carbocycles. The van der Waals surface area contributed by atoms with Gasteiger partial charge in [-0.15, -0.1) is 0 Å². The number of carbonyl (C=O) groups excluding carboxylic acids is 1. The van der Waals surface area contributed by atoms with E-state index in [2.05, 4.69) is 29.4 Å². The number of likely N-dealkylation sites (N-methyl/N-ethyl adjacent to an activating group) is 1.